The van der Waals surface area contributed by atoms with E-state index >= 15 is 0 Å². The molecule has 0 N–H and O–H groups in total. The first kappa shape index (κ1) is 21.5. The van der Waals surface area contributed by atoms with Gasteiger partial charge in [-0.15, -0.1) is 6.58 Å². The Labute approximate surface area is 141 Å². The molecule has 130 valence electrons. The van der Waals surface area contributed by atoms with Crippen LogP contribution in [0.5, 0.6) is 0 Å². The highest BCUT2D eigenvalue weighted by Gasteiger charge is 2.24. The lowest BCUT2D eigenvalue weighted by Gasteiger charge is -2.30. The Balaban J connectivity index is 4.75. The van der Waals surface area contributed by atoms with E-state index in [0.717, 1.165) is 18.3 Å². The monoisotopic (exact) mass is 306 g/mol. The summed E-state index contributed by atoms with van der Waals surface area (Å²) in [6.45, 7) is 25.2. The normalized spacial score (nSPS) is 17.5. The molecule has 0 aliphatic carbocycles. The Kier molecular flexibility index (Phi) is 9.35. The minimum absolute atomic E-state index is 0.349. The molecule has 0 aliphatic heterocycles. The predicted molar refractivity (Wildman–Crippen MR) is 103 cm³/mol. The fourth-order valence-corrected chi connectivity index (χ4v) is 3.31. The Bertz CT molecular complexity index is 330. The fraction of sp³-hybridized carbons (Fsp3) is 0.818. The van der Waals surface area contributed by atoms with Crippen LogP contribution in [-0.2, 0) is 0 Å². The van der Waals surface area contributed by atoms with Gasteiger partial charge in [0.25, 0.3) is 0 Å². The van der Waals surface area contributed by atoms with E-state index < -0.39 is 0 Å². The van der Waals surface area contributed by atoms with Crippen LogP contribution in [0.15, 0.2) is 24.8 Å². The van der Waals surface area contributed by atoms with Gasteiger partial charge in [-0.2, -0.15) is 0 Å². The van der Waals surface area contributed by atoms with E-state index in [-0.39, 0.29) is 0 Å². The van der Waals surface area contributed by atoms with Gasteiger partial charge in [-0.3, -0.25) is 0 Å². The molecule has 0 amide bonds. The molecule has 0 rings (SSSR count). The first-order chi connectivity index (χ1) is 10.0. The molecule has 22 heavy (non-hydrogen) atoms. The molecule has 0 aliphatic rings. The third-order valence-corrected chi connectivity index (χ3v) is 5.40. The number of hydrogen-bond donors (Lipinski definition) is 0. The standard InChI is InChI=1S/C22H42/c1-11-20(17(4)5)15-22(9,10)14-12-13-21(18(6)7)19(8)16(2)3/h11-13,16-21H,1,14-15H2,2-10H3. The predicted octanol–water partition coefficient (Wildman–Crippen LogP) is 7.37. The molecule has 0 heterocycles. The lowest BCUT2D eigenvalue weighted by Crippen LogP contribution is -2.21. The fourth-order valence-electron chi connectivity index (χ4n) is 3.31. The summed E-state index contributed by atoms with van der Waals surface area (Å²) in [6.07, 6.45) is 9.48. The molecule has 0 radical (unpaired) electrons. The second-order valence-electron chi connectivity index (χ2n) is 9.07. The lowest BCUT2D eigenvalue weighted by molar-refractivity contribution is 0.252. The average Bonchev–Trinajstić information content (AvgIpc) is 2.39. The minimum atomic E-state index is 0.349. The maximum Gasteiger partial charge on any atom is -0.0182 e. The summed E-state index contributed by atoms with van der Waals surface area (Å²) in [7, 11) is 0. The Morgan fingerprint density at radius 1 is 0.864 bits per heavy atom. The third kappa shape index (κ3) is 7.65. The first-order valence-electron chi connectivity index (χ1n) is 9.31. The van der Waals surface area contributed by atoms with Gasteiger partial charge in [-0.25, -0.2) is 0 Å². The quantitative estimate of drug-likeness (QED) is 0.369. The summed E-state index contributed by atoms with van der Waals surface area (Å²) in [5, 5.41) is 0. The first-order valence-corrected chi connectivity index (χ1v) is 9.31. The molecular weight excluding hydrogens is 264 g/mol. The highest BCUT2D eigenvalue weighted by atomic mass is 14.3. The summed E-state index contributed by atoms with van der Waals surface area (Å²) < 4.78 is 0. The van der Waals surface area contributed by atoms with Gasteiger partial charge in [0.05, 0.1) is 0 Å². The molecule has 3 unspecified atom stereocenters. The molecule has 3 atom stereocenters. The zero-order chi connectivity index (χ0) is 17.5. The SMILES string of the molecule is C=CC(CC(C)(C)CC=CC(C(C)C)C(C)C(C)C)C(C)C. The van der Waals surface area contributed by atoms with Crippen molar-refractivity contribution in [2.45, 2.75) is 75.2 Å². The Morgan fingerprint density at radius 2 is 1.41 bits per heavy atom. The molecule has 0 nitrogen and oxygen atoms in total. The van der Waals surface area contributed by atoms with Crippen molar-refractivity contribution in [2.24, 2.45) is 40.9 Å². The second kappa shape index (κ2) is 9.58. The van der Waals surface area contributed by atoms with Crippen LogP contribution in [0.1, 0.15) is 75.2 Å². The number of allylic oxidation sites excluding steroid dienone is 3. The summed E-state index contributed by atoms with van der Waals surface area (Å²) in [6, 6.07) is 0. The van der Waals surface area contributed by atoms with Gasteiger partial charge >= 0.3 is 0 Å². The van der Waals surface area contributed by atoms with Crippen molar-refractivity contribution in [1.29, 1.82) is 0 Å². The molecule has 0 fully saturated rings. The van der Waals surface area contributed by atoms with Gasteiger partial charge in [0, 0.05) is 0 Å². The van der Waals surface area contributed by atoms with Gasteiger partial charge in [-0.1, -0.05) is 80.5 Å². The van der Waals surface area contributed by atoms with Crippen LogP contribution in [0.3, 0.4) is 0 Å². The Hall–Kier alpha value is -0.520. The third-order valence-electron chi connectivity index (χ3n) is 5.40. The van der Waals surface area contributed by atoms with E-state index in [9.17, 15) is 0 Å². The van der Waals surface area contributed by atoms with E-state index in [4.69, 9.17) is 0 Å². The molecule has 0 aromatic heterocycles. The molecule has 0 bridgehead atoms. The molecular formula is C22H42. The van der Waals surface area contributed by atoms with Crippen molar-refractivity contribution in [2.75, 3.05) is 0 Å². The number of hydrogen-bond acceptors (Lipinski definition) is 0. The van der Waals surface area contributed by atoms with Gasteiger partial charge in [0.1, 0.15) is 0 Å². The van der Waals surface area contributed by atoms with Crippen molar-refractivity contribution >= 4 is 0 Å². The average molecular weight is 307 g/mol. The summed E-state index contributed by atoms with van der Waals surface area (Å²) in [5.41, 5.74) is 0.349. The van der Waals surface area contributed by atoms with Gasteiger partial charge < -0.3 is 0 Å². The summed E-state index contributed by atoms with van der Waals surface area (Å²) >= 11 is 0. The van der Waals surface area contributed by atoms with Crippen molar-refractivity contribution < 1.29 is 0 Å². The van der Waals surface area contributed by atoms with E-state index in [1.54, 1.807) is 0 Å². The van der Waals surface area contributed by atoms with Crippen LogP contribution < -0.4 is 0 Å². The van der Waals surface area contributed by atoms with E-state index in [1.165, 1.54) is 6.42 Å². The van der Waals surface area contributed by atoms with Crippen LogP contribution in [0.4, 0.5) is 0 Å². The smallest absolute Gasteiger partial charge is 0.0182 e. The van der Waals surface area contributed by atoms with Crippen LogP contribution in [0.2, 0.25) is 0 Å². The van der Waals surface area contributed by atoms with Gasteiger partial charge in [-0.05, 0) is 53.8 Å². The Morgan fingerprint density at radius 3 is 1.77 bits per heavy atom. The van der Waals surface area contributed by atoms with E-state index in [0.29, 0.717) is 29.1 Å². The zero-order valence-corrected chi connectivity index (χ0v) is 16.8. The van der Waals surface area contributed by atoms with Crippen molar-refractivity contribution in [3.05, 3.63) is 24.8 Å². The lowest BCUT2D eigenvalue weighted by atomic mass is 9.75. The zero-order valence-electron chi connectivity index (χ0n) is 16.8. The van der Waals surface area contributed by atoms with Crippen LogP contribution in [-0.4, -0.2) is 0 Å². The van der Waals surface area contributed by atoms with Crippen molar-refractivity contribution in [3.63, 3.8) is 0 Å². The molecule has 0 saturated heterocycles. The summed E-state index contributed by atoms with van der Waals surface area (Å²) in [5.74, 6) is 4.21. The minimum Gasteiger partial charge on any atom is -0.103 e. The molecule has 0 heteroatoms. The molecule has 0 saturated carbocycles. The molecule has 0 aromatic rings. The van der Waals surface area contributed by atoms with Crippen LogP contribution in [0.25, 0.3) is 0 Å². The maximum absolute atomic E-state index is 4.02. The second-order valence-corrected chi connectivity index (χ2v) is 9.07. The van der Waals surface area contributed by atoms with Crippen LogP contribution in [0, 0.1) is 40.9 Å². The highest BCUT2D eigenvalue weighted by molar-refractivity contribution is 4.97. The van der Waals surface area contributed by atoms with Gasteiger partial charge in [0.2, 0.25) is 0 Å². The van der Waals surface area contributed by atoms with E-state index in [2.05, 4.69) is 87.1 Å². The largest absolute Gasteiger partial charge is 0.103 e. The highest BCUT2D eigenvalue weighted by Crippen LogP contribution is 2.34. The van der Waals surface area contributed by atoms with Crippen molar-refractivity contribution in [3.8, 4) is 0 Å². The maximum atomic E-state index is 4.02. The molecule has 0 aromatic carbocycles. The van der Waals surface area contributed by atoms with Gasteiger partial charge in [0.15, 0.2) is 0 Å². The molecule has 0 spiro atoms. The topological polar surface area (TPSA) is 0 Å². The van der Waals surface area contributed by atoms with E-state index in [1.807, 2.05) is 0 Å². The summed E-state index contributed by atoms with van der Waals surface area (Å²) in [4.78, 5) is 0. The number of rotatable bonds is 10. The van der Waals surface area contributed by atoms with Crippen molar-refractivity contribution in [1.82, 2.24) is 0 Å². The van der Waals surface area contributed by atoms with Crippen LogP contribution >= 0.6 is 0 Å².